The van der Waals surface area contributed by atoms with E-state index in [9.17, 15) is 14.0 Å². The number of ether oxygens (including phenoxy) is 1. The van der Waals surface area contributed by atoms with Crippen LogP contribution in [0.2, 0.25) is 0 Å². The molecule has 0 fully saturated rings. The lowest BCUT2D eigenvalue weighted by atomic mass is 9.94. The summed E-state index contributed by atoms with van der Waals surface area (Å²) in [6.45, 7) is 0.437. The van der Waals surface area contributed by atoms with Crippen LogP contribution in [0.25, 0.3) is 22.3 Å². The van der Waals surface area contributed by atoms with Crippen LogP contribution in [0.4, 0.5) is 15.9 Å². The number of rotatable bonds is 2. The number of pyridine rings is 1. The second-order valence-corrected chi connectivity index (χ2v) is 7.20. The Hall–Kier alpha value is -3.94. The van der Waals surface area contributed by atoms with Crippen LogP contribution in [0.5, 0.6) is 5.75 Å². The van der Waals surface area contributed by atoms with E-state index in [1.807, 2.05) is 6.07 Å². The molecule has 8 heteroatoms. The topological polar surface area (TPSA) is 106 Å². The highest BCUT2D eigenvalue weighted by atomic mass is 19.1. The quantitative estimate of drug-likeness (QED) is 0.609. The number of nitrogen functional groups attached to an aromatic ring is 1. The lowest BCUT2D eigenvalue weighted by molar-refractivity contribution is -0.118. The van der Waals surface area contributed by atoms with Gasteiger partial charge in [0, 0.05) is 41.1 Å². The monoisotopic (exact) mass is 404 g/mol. The van der Waals surface area contributed by atoms with Crippen LogP contribution in [-0.2, 0) is 11.2 Å². The first-order chi connectivity index (χ1) is 14.5. The Morgan fingerprint density at radius 3 is 2.77 bits per heavy atom. The van der Waals surface area contributed by atoms with Gasteiger partial charge in [-0.05, 0) is 35.7 Å². The zero-order chi connectivity index (χ0) is 20.8. The minimum atomic E-state index is -0.496. The Labute approximate surface area is 171 Å². The van der Waals surface area contributed by atoms with Crippen molar-refractivity contribution >= 4 is 23.3 Å². The smallest absolute Gasteiger partial charge is 0.262 e. The van der Waals surface area contributed by atoms with Crippen molar-refractivity contribution in [1.29, 1.82) is 0 Å². The van der Waals surface area contributed by atoms with E-state index in [1.54, 1.807) is 18.2 Å². The summed E-state index contributed by atoms with van der Waals surface area (Å²) in [5, 5.41) is 5.50. The highest BCUT2D eigenvalue weighted by molar-refractivity contribution is 5.98. The molecule has 7 nitrogen and oxygen atoms in total. The number of nitrogens with two attached hydrogens (primary N) is 1. The number of nitrogens with one attached hydrogen (secondary N) is 2. The fraction of sp³-hybridized carbons (Fsp3) is 0.136. The van der Waals surface area contributed by atoms with Crippen molar-refractivity contribution in [2.45, 2.75) is 6.42 Å². The Balaban J connectivity index is 1.59. The van der Waals surface area contributed by atoms with E-state index in [1.165, 1.54) is 18.3 Å². The fourth-order valence-corrected chi connectivity index (χ4v) is 3.77. The SMILES string of the molecule is Nc1ncc(-c2cc3c(cc2F)OCC(=O)N3)cc1-c1ccc2c(c1)CCNC2=O. The van der Waals surface area contributed by atoms with Crippen molar-refractivity contribution in [2.24, 2.45) is 0 Å². The number of carbonyl (C=O) groups excluding carboxylic acids is 2. The molecule has 30 heavy (non-hydrogen) atoms. The first-order valence-corrected chi connectivity index (χ1v) is 9.43. The van der Waals surface area contributed by atoms with Crippen molar-refractivity contribution < 1.29 is 18.7 Å². The van der Waals surface area contributed by atoms with Crippen molar-refractivity contribution in [2.75, 3.05) is 24.2 Å². The van der Waals surface area contributed by atoms with Crippen LogP contribution in [-0.4, -0.2) is 29.9 Å². The summed E-state index contributed by atoms with van der Waals surface area (Å²) in [7, 11) is 0. The van der Waals surface area contributed by atoms with Gasteiger partial charge in [0.1, 0.15) is 17.4 Å². The lowest BCUT2D eigenvalue weighted by Gasteiger charge is -2.20. The average molecular weight is 404 g/mol. The summed E-state index contributed by atoms with van der Waals surface area (Å²) in [6.07, 6.45) is 2.21. The third kappa shape index (κ3) is 3.02. The highest BCUT2D eigenvalue weighted by Crippen LogP contribution is 2.37. The van der Waals surface area contributed by atoms with E-state index in [0.717, 1.165) is 17.5 Å². The number of hydrogen-bond donors (Lipinski definition) is 3. The molecule has 150 valence electrons. The van der Waals surface area contributed by atoms with E-state index in [0.29, 0.717) is 34.7 Å². The molecule has 0 spiro atoms. The minimum absolute atomic E-state index is 0.0944. The number of carbonyl (C=O) groups is 2. The summed E-state index contributed by atoms with van der Waals surface area (Å²) < 4.78 is 20.0. The standard InChI is InChI=1S/C22H17FN4O3/c23-17-8-19-18(27-20(28)10-30-19)7-15(17)13-6-16(21(24)26-9-13)11-1-2-14-12(5-11)3-4-25-22(14)29/h1-2,5-9H,3-4,10H2,(H2,24,26)(H,25,29)(H,27,28). The van der Waals surface area contributed by atoms with Gasteiger partial charge in [0.05, 0.1) is 5.69 Å². The lowest BCUT2D eigenvalue weighted by Crippen LogP contribution is -2.31. The van der Waals surface area contributed by atoms with Gasteiger partial charge in [-0.15, -0.1) is 0 Å². The molecule has 2 aromatic carbocycles. The fourth-order valence-electron chi connectivity index (χ4n) is 3.77. The van der Waals surface area contributed by atoms with E-state index < -0.39 is 5.82 Å². The summed E-state index contributed by atoms with van der Waals surface area (Å²) in [4.78, 5) is 27.8. The number of anilines is 2. The van der Waals surface area contributed by atoms with Gasteiger partial charge in [0.25, 0.3) is 11.8 Å². The van der Waals surface area contributed by atoms with Crippen molar-refractivity contribution in [1.82, 2.24) is 10.3 Å². The van der Waals surface area contributed by atoms with Crippen LogP contribution >= 0.6 is 0 Å². The Morgan fingerprint density at radius 2 is 1.90 bits per heavy atom. The van der Waals surface area contributed by atoms with Crippen molar-refractivity contribution in [3.05, 3.63) is 59.5 Å². The molecule has 5 rings (SSSR count). The van der Waals surface area contributed by atoms with E-state index in [-0.39, 0.29) is 29.7 Å². The number of nitrogens with zero attached hydrogens (tertiary/aromatic N) is 1. The number of fused-ring (bicyclic) bond motifs is 2. The van der Waals surface area contributed by atoms with Crippen LogP contribution in [0, 0.1) is 5.82 Å². The second kappa shape index (κ2) is 6.84. The number of benzene rings is 2. The summed E-state index contributed by atoms with van der Waals surface area (Å²) in [6, 6.07) is 10.0. The average Bonchev–Trinajstić information content (AvgIpc) is 2.74. The van der Waals surface area contributed by atoms with Crippen molar-refractivity contribution in [3.8, 4) is 28.0 Å². The number of hydrogen-bond acceptors (Lipinski definition) is 5. The van der Waals surface area contributed by atoms with E-state index >= 15 is 0 Å². The molecule has 0 saturated carbocycles. The number of halogens is 1. The van der Waals surface area contributed by atoms with Gasteiger partial charge < -0.3 is 21.1 Å². The molecule has 1 aromatic heterocycles. The van der Waals surface area contributed by atoms with E-state index in [2.05, 4.69) is 15.6 Å². The van der Waals surface area contributed by atoms with Gasteiger partial charge in [-0.1, -0.05) is 12.1 Å². The van der Waals surface area contributed by atoms with Crippen LogP contribution in [0.3, 0.4) is 0 Å². The first-order valence-electron chi connectivity index (χ1n) is 9.43. The molecule has 0 bridgehead atoms. The number of amides is 2. The third-order valence-corrected chi connectivity index (χ3v) is 5.27. The van der Waals surface area contributed by atoms with Crippen molar-refractivity contribution in [3.63, 3.8) is 0 Å². The molecular weight excluding hydrogens is 387 g/mol. The molecule has 0 atom stereocenters. The first kappa shape index (κ1) is 18.1. The van der Waals surface area contributed by atoms with Gasteiger partial charge in [-0.2, -0.15) is 0 Å². The molecule has 4 N–H and O–H groups in total. The molecule has 0 aliphatic carbocycles. The van der Waals surface area contributed by atoms with Crippen LogP contribution < -0.4 is 21.1 Å². The summed E-state index contributed by atoms with van der Waals surface area (Å²) >= 11 is 0. The molecule has 2 amide bonds. The predicted octanol–water partition coefficient (Wildman–Crippen LogP) is 2.75. The zero-order valence-corrected chi connectivity index (χ0v) is 15.8. The Morgan fingerprint density at radius 1 is 1.03 bits per heavy atom. The third-order valence-electron chi connectivity index (χ3n) is 5.27. The van der Waals surface area contributed by atoms with Crippen LogP contribution in [0.15, 0.2) is 42.6 Å². The van der Waals surface area contributed by atoms with Gasteiger partial charge in [0.15, 0.2) is 6.61 Å². The normalized spacial score (nSPS) is 14.8. The molecule has 3 heterocycles. The van der Waals surface area contributed by atoms with Gasteiger partial charge >= 0.3 is 0 Å². The summed E-state index contributed by atoms with van der Waals surface area (Å²) in [5.74, 6) is -0.303. The largest absolute Gasteiger partial charge is 0.481 e. The molecule has 3 aromatic rings. The second-order valence-electron chi connectivity index (χ2n) is 7.20. The van der Waals surface area contributed by atoms with Gasteiger partial charge in [-0.25, -0.2) is 9.37 Å². The van der Waals surface area contributed by atoms with Gasteiger partial charge in [-0.3, -0.25) is 9.59 Å². The summed E-state index contributed by atoms with van der Waals surface area (Å²) in [5.41, 5.74) is 10.3. The molecule has 0 unspecified atom stereocenters. The Kier molecular flexibility index (Phi) is 4.13. The maximum Gasteiger partial charge on any atom is 0.262 e. The minimum Gasteiger partial charge on any atom is -0.481 e. The maximum atomic E-state index is 14.8. The molecule has 0 saturated heterocycles. The molecular formula is C22H17FN4O3. The molecule has 2 aliphatic rings. The maximum absolute atomic E-state index is 14.8. The van der Waals surface area contributed by atoms with Crippen LogP contribution in [0.1, 0.15) is 15.9 Å². The van der Waals surface area contributed by atoms with E-state index in [4.69, 9.17) is 10.5 Å². The molecule has 2 aliphatic heterocycles. The number of aromatic nitrogens is 1. The Bertz CT molecular complexity index is 1230. The predicted molar refractivity (Wildman–Crippen MR) is 110 cm³/mol. The highest BCUT2D eigenvalue weighted by Gasteiger charge is 2.21. The zero-order valence-electron chi connectivity index (χ0n) is 15.8. The van der Waals surface area contributed by atoms with Gasteiger partial charge in [0.2, 0.25) is 0 Å². The molecule has 0 radical (unpaired) electrons.